The van der Waals surface area contributed by atoms with Crippen LogP contribution in [0.5, 0.6) is 0 Å². The fraction of sp³-hybridized carbons (Fsp3) is 0.429. The highest BCUT2D eigenvalue weighted by Crippen LogP contribution is 2.24. The lowest BCUT2D eigenvalue weighted by Crippen LogP contribution is -2.67. The van der Waals surface area contributed by atoms with Gasteiger partial charge in [-0.1, -0.05) is 23.7 Å². The third kappa shape index (κ3) is 2.59. The standard InChI is InChI=1S/C14H17ClN2O2/c1-9-12(18)17(14(2,3)13(19)16-9)8-10-4-6-11(15)7-5-10/h4-7,9H,8H2,1-3H3,(H,16,19). The van der Waals surface area contributed by atoms with Crippen LogP contribution in [-0.4, -0.2) is 28.3 Å². The molecule has 1 aliphatic heterocycles. The number of hydrogen-bond acceptors (Lipinski definition) is 2. The molecule has 1 aromatic carbocycles. The molecule has 0 bridgehead atoms. The quantitative estimate of drug-likeness (QED) is 0.900. The first-order valence-corrected chi connectivity index (χ1v) is 6.57. The number of rotatable bonds is 2. The van der Waals surface area contributed by atoms with Crippen LogP contribution in [0.15, 0.2) is 24.3 Å². The molecule has 1 unspecified atom stereocenters. The van der Waals surface area contributed by atoms with Gasteiger partial charge in [-0.25, -0.2) is 0 Å². The van der Waals surface area contributed by atoms with Crippen LogP contribution in [0, 0.1) is 0 Å². The number of benzene rings is 1. The molecule has 19 heavy (non-hydrogen) atoms. The number of carbonyl (C=O) groups excluding carboxylic acids is 2. The van der Waals surface area contributed by atoms with E-state index in [2.05, 4.69) is 5.32 Å². The van der Waals surface area contributed by atoms with E-state index in [0.717, 1.165) is 5.56 Å². The van der Waals surface area contributed by atoms with Crippen LogP contribution in [0.4, 0.5) is 0 Å². The summed E-state index contributed by atoms with van der Waals surface area (Å²) in [6.45, 7) is 5.61. The van der Waals surface area contributed by atoms with Gasteiger partial charge in [-0.15, -0.1) is 0 Å². The van der Waals surface area contributed by atoms with Crippen molar-refractivity contribution in [3.05, 3.63) is 34.9 Å². The van der Waals surface area contributed by atoms with E-state index in [9.17, 15) is 9.59 Å². The van der Waals surface area contributed by atoms with Crippen molar-refractivity contribution in [2.75, 3.05) is 0 Å². The Morgan fingerprint density at radius 1 is 1.26 bits per heavy atom. The summed E-state index contributed by atoms with van der Waals surface area (Å²) in [6, 6.07) is 6.81. The molecule has 2 amide bonds. The molecule has 0 aliphatic carbocycles. The van der Waals surface area contributed by atoms with Crippen LogP contribution >= 0.6 is 11.6 Å². The van der Waals surface area contributed by atoms with E-state index < -0.39 is 11.6 Å². The predicted molar refractivity (Wildman–Crippen MR) is 73.7 cm³/mol. The maximum atomic E-state index is 12.2. The van der Waals surface area contributed by atoms with E-state index in [4.69, 9.17) is 11.6 Å². The van der Waals surface area contributed by atoms with E-state index in [1.807, 2.05) is 12.1 Å². The molecule has 1 N–H and O–H groups in total. The van der Waals surface area contributed by atoms with E-state index in [0.29, 0.717) is 11.6 Å². The normalized spacial score (nSPS) is 22.3. The molecule has 0 aromatic heterocycles. The molecule has 0 spiro atoms. The number of carbonyl (C=O) groups is 2. The lowest BCUT2D eigenvalue weighted by molar-refractivity contribution is -0.155. The van der Waals surface area contributed by atoms with Crippen molar-refractivity contribution in [2.45, 2.75) is 38.9 Å². The van der Waals surface area contributed by atoms with Gasteiger partial charge in [0.1, 0.15) is 11.6 Å². The lowest BCUT2D eigenvalue weighted by atomic mass is 9.95. The van der Waals surface area contributed by atoms with Gasteiger partial charge in [0.25, 0.3) is 0 Å². The number of halogens is 1. The summed E-state index contributed by atoms with van der Waals surface area (Å²) in [5.74, 6) is -0.201. The minimum absolute atomic E-state index is 0.0699. The van der Waals surface area contributed by atoms with Gasteiger partial charge in [-0.05, 0) is 38.5 Å². The number of nitrogens with zero attached hydrogens (tertiary/aromatic N) is 1. The minimum Gasteiger partial charge on any atom is -0.343 e. The second-order valence-electron chi connectivity index (χ2n) is 5.31. The van der Waals surface area contributed by atoms with Gasteiger partial charge in [0.05, 0.1) is 0 Å². The zero-order valence-electron chi connectivity index (χ0n) is 11.2. The van der Waals surface area contributed by atoms with Crippen molar-refractivity contribution in [1.29, 1.82) is 0 Å². The van der Waals surface area contributed by atoms with E-state index in [1.165, 1.54) is 0 Å². The molecule has 1 aromatic rings. The van der Waals surface area contributed by atoms with Gasteiger partial charge in [0, 0.05) is 11.6 Å². The topological polar surface area (TPSA) is 49.4 Å². The fourth-order valence-electron chi connectivity index (χ4n) is 2.11. The Balaban J connectivity index is 2.27. The van der Waals surface area contributed by atoms with E-state index in [-0.39, 0.29) is 11.8 Å². The zero-order chi connectivity index (χ0) is 14.2. The molecule has 1 heterocycles. The Labute approximate surface area is 117 Å². The third-order valence-electron chi connectivity index (χ3n) is 3.47. The second-order valence-corrected chi connectivity index (χ2v) is 5.74. The van der Waals surface area contributed by atoms with Crippen molar-refractivity contribution < 1.29 is 9.59 Å². The lowest BCUT2D eigenvalue weighted by Gasteiger charge is -2.43. The molecule has 4 nitrogen and oxygen atoms in total. The predicted octanol–water partition coefficient (Wildman–Crippen LogP) is 1.97. The van der Waals surface area contributed by atoms with E-state index in [1.54, 1.807) is 37.8 Å². The SMILES string of the molecule is CC1NC(=O)C(C)(C)N(Cc2ccc(Cl)cc2)C1=O. The Kier molecular flexibility index (Phi) is 3.54. The highest BCUT2D eigenvalue weighted by molar-refractivity contribution is 6.30. The molecule has 102 valence electrons. The Morgan fingerprint density at radius 3 is 2.42 bits per heavy atom. The molecule has 0 saturated carbocycles. The fourth-order valence-corrected chi connectivity index (χ4v) is 2.24. The van der Waals surface area contributed by atoms with Gasteiger partial charge < -0.3 is 10.2 Å². The van der Waals surface area contributed by atoms with Crippen molar-refractivity contribution in [3.8, 4) is 0 Å². The van der Waals surface area contributed by atoms with Crippen LogP contribution in [0.2, 0.25) is 5.02 Å². The maximum absolute atomic E-state index is 12.2. The first-order chi connectivity index (χ1) is 8.82. The largest absolute Gasteiger partial charge is 0.343 e. The number of nitrogens with one attached hydrogen (secondary N) is 1. The number of amides is 2. The first-order valence-electron chi connectivity index (χ1n) is 6.19. The van der Waals surface area contributed by atoms with Crippen molar-refractivity contribution in [3.63, 3.8) is 0 Å². The number of piperazine rings is 1. The molecular weight excluding hydrogens is 264 g/mol. The van der Waals surface area contributed by atoms with Crippen LogP contribution in [0.3, 0.4) is 0 Å². The summed E-state index contributed by atoms with van der Waals surface area (Å²) in [6.07, 6.45) is 0. The van der Waals surface area contributed by atoms with Crippen LogP contribution < -0.4 is 5.32 Å². The third-order valence-corrected chi connectivity index (χ3v) is 3.72. The number of hydrogen-bond donors (Lipinski definition) is 1. The minimum atomic E-state index is -0.844. The molecule has 1 fully saturated rings. The van der Waals surface area contributed by atoms with Crippen LogP contribution in [0.25, 0.3) is 0 Å². The van der Waals surface area contributed by atoms with Crippen molar-refractivity contribution >= 4 is 23.4 Å². The van der Waals surface area contributed by atoms with E-state index >= 15 is 0 Å². The summed E-state index contributed by atoms with van der Waals surface area (Å²) in [5, 5.41) is 3.34. The summed E-state index contributed by atoms with van der Waals surface area (Å²) in [5.41, 5.74) is 0.108. The highest BCUT2D eigenvalue weighted by atomic mass is 35.5. The monoisotopic (exact) mass is 280 g/mol. The first kappa shape index (κ1) is 13.9. The molecule has 1 atom stereocenters. The molecule has 2 rings (SSSR count). The Bertz CT molecular complexity index is 511. The van der Waals surface area contributed by atoms with Gasteiger partial charge in [0.15, 0.2) is 0 Å². The molecular formula is C14H17ClN2O2. The van der Waals surface area contributed by atoms with Gasteiger partial charge in [-0.3, -0.25) is 9.59 Å². The molecule has 1 aliphatic rings. The van der Waals surface area contributed by atoms with Crippen LogP contribution in [-0.2, 0) is 16.1 Å². The zero-order valence-corrected chi connectivity index (χ0v) is 12.0. The summed E-state index contributed by atoms with van der Waals surface area (Å²) in [7, 11) is 0. The summed E-state index contributed by atoms with van der Waals surface area (Å²) in [4.78, 5) is 25.9. The van der Waals surface area contributed by atoms with Crippen molar-refractivity contribution in [2.24, 2.45) is 0 Å². The smallest absolute Gasteiger partial charge is 0.246 e. The Hall–Kier alpha value is -1.55. The average molecular weight is 281 g/mol. The molecule has 1 saturated heterocycles. The second kappa shape index (κ2) is 4.85. The highest BCUT2D eigenvalue weighted by Gasteiger charge is 2.44. The van der Waals surface area contributed by atoms with Crippen LogP contribution in [0.1, 0.15) is 26.3 Å². The maximum Gasteiger partial charge on any atom is 0.246 e. The molecule has 5 heteroatoms. The summed E-state index contributed by atoms with van der Waals surface area (Å²) < 4.78 is 0. The van der Waals surface area contributed by atoms with Crippen molar-refractivity contribution in [1.82, 2.24) is 10.2 Å². The van der Waals surface area contributed by atoms with Gasteiger partial charge in [-0.2, -0.15) is 0 Å². The average Bonchev–Trinajstić information content (AvgIpc) is 2.35. The molecule has 0 radical (unpaired) electrons. The Morgan fingerprint density at radius 2 is 1.84 bits per heavy atom. The van der Waals surface area contributed by atoms with Gasteiger partial charge >= 0.3 is 0 Å². The summed E-state index contributed by atoms with van der Waals surface area (Å²) >= 11 is 5.84. The van der Waals surface area contributed by atoms with Gasteiger partial charge in [0.2, 0.25) is 11.8 Å².